The summed E-state index contributed by atoms with van der Waals surface area (Å²) in [5.41, 5.74) is 2.05. The summed E-state index contributed by atoms with van der Waals surface area (Å²) >= 11 is 4.86. The van der Waals surface area contributed by atoms with Gasteiger partial charge in [0.05, 0.1) is 19.9 Å². The van der Waals surface area contributed by atoms with Crippen LogP contribution in [0.15, 0.2) is 27.9 Å². The number of hydrogen-bond acceptors (Lipinski definition) is 9. The topological polar surface area (TPSA) is 69.2 Å². The maximum Gasteiger partial charge on any atom is 0.206 e. The molecule has 0 aliphatic carbocycles. The van der Waals surface area contributed by atoms with E-state index in [0.717, 1.165) is 38.0 Å². The molecule has 2 heterocycles. The maximum atomic E-state index is 5.38. The Morgan fingerprint density at radius 3 is 2.70 bits per heavy atom. The summed E-state index contributed by atoms with van der Waals surface area (Å²) in [5.74, 6) is 2.76. The van der Waals surface area contributed by atoms with Crippen LogP contribution in [-0.2, 0) is 5.75 Å². The average Bonchev–Trinajstić information content (AvgIpc) is 3.33. The lowest BCUT2D eigenvalue weighted by atomic mass is 10.2. The highest BCUT2D eigenvalue weighted by Gasteiger charge is 2.11. The molecule has 144 valence electrons. The van der Waals surface area contributed by atoms with E-state index in [2.05, 4.69) is 34.7 Å². The van der Waals surface area contributed by atoms with Gasteiger partial charge in [0, 0.05) is 23.2 Å². The number of aromatic nitrogens is 3. The fourth-order valence-corrected chi connectivity index (χ4v) is 4.82. The van der Waals surface area contributed by atoms with Crippen molar-refractivity contribution in [3.8, 4) is 22.1 Å². The zero-order valence-electron chi connectivity index (χ0n) is 15.7. The number of thioether (sulfide) groups is 1. The predicted octanol–water partition coefficient (Wildman–Crippen LogP) is 5.04. The van der Waals surface area contributed by atoms with Gasteiger partial charge in [-0.05, 0) is 24.1 Å². The summed E-state index contributed by atoms with van der Waals surface area (Å²) in [7, 11) is 3.27. The van der Waals surface area contributed by atoms with Gasteiger partial charge in [0.25, 0.3) is 0 Å². The Morgan fingerprint density at radius 2 is 1.96 bits per heavy atom. The summed E-state index contributed by atoms with van der Waals surface area (Å²) in [6, 6.07) is 5.84. The highest BCUT2D eigenvalue weighted by molar-refractivity contribution is 8.00. The zero-order chi connectivity index (χ0) is 19.2. The van der Waals surface area contributed by atoms with Crippen LogP contribution < -0.4 is 14.8 Å². The minimum Gasteiger partial charge on any atom is -0.493 e. The molecule has 0 aliphatic heterocycles. The molecule has 3 rings (SSSR count). The molecular formula is C18H22N4O2S3. The van der Waals surface area contributed by atoms with Crippen molar-refractivity contribution in [3.63, 3.8) is 0 Å². The molecule has 0 fully saturated rings. The lowest BCUT2D eigenvalue weighted by molar-refractivity contribution is 0.355. The number of thiazole rings is 1. The minimum atomic E-state index is 0.579. The largest absolute Gasteiger partial charge is 0.493 e. The first-order chi connectivity index (χ1) is 13.1. The number of anilines is 1. The number of methoxy groups -OCH3 is 2. The Kier molecular flexibility index (Phi) is 6.92. The van der Waals surface area contributed by atoms with E-state index >= 15 is 0 Å². The number of nitrogens with zero attached hydrogens (tertiary/aromatic N) is 3. The predicted molar refractivity (Wildman–Crippen MR) is 113 cm³/mol. The number of ether oxygens (including phenoxy) is 2. The van der Waals surface area contributed by atoms with E-state index in [4.69, 9.17) is 14.5 Å². The first-order valence-electron chi connectivity index (χ1n) is 8.46. The van der Waals surface area contributed by atoms with E-state index in [1.165, 1.54) is 0 Å². The van der Waals surface area contributed by atoms with Crippen LogP contribution in [0.3, 0.4) is 0 Å². The standard InChI is InChI=1S/C18H22N4O2S3/c1-11(2)8-19-17-21-22-18(27-17)26-10-13-9-25-16(20-13)12-5-6-14(23-3)15(7-12)24-4/h5-7,9,11H,8,10H2,1-4H3,(H,19,21). The van der Waals surface area contributed by atoms with Crippen LogP contribution in [0, 0.1) is 5.92 Å². The summed E-state index contributed by atoms with van der Waals surface area (Å²) in [6.07, 6.45) is 0. The zero-order valence-corrected chi connectivity index (χ0v) is 18.1. The molecule has 0 aliphatic rings. The molecule has 9 heteroatoms. The van der Waals surface area contributed by atoms with Crippen molar-refractivity contribution in [1.82, 2.24) is 15.2 Å². The Morgan fingerprint density at radius 1 is 1.15 bits per heavy atom. The van der Waals surface area contributed by atoms with Crippen molar-refractivity contribution < 1.29 is 9.47 Å². The van der Waals surface area contributed by atoms with Gasteiger partial charge in [-0.15, -0.1) is 21.5 Å². The molecule has 2 aromatic heterocycles. The second kappa shape index (κ2) is 9.38. The molecule has 0 atom stereocenters. The normalized spacial score (nSPS) is 11.0. The van der Waals surface area contributed by atoms with Crippen LogP contribution in [0.4, 0.5) is 5.13 Å². The van der Waals surface area contributed by atoms with Crippen LogP contribution in [-0.4, -0.2) is 35.9 Å². The van der Waals surface area contributed by atoms with Gasteiger partial charge >= 0.3 is 0 Å². The second-order valence-electron chi connectivity index (χ2n) is 6.15. The van der Waals surface area contributed by atoms with Gasteiger partial charge in [0.2, 0.25) is 5.13 Å². The van der Waals surface area contributed by atoms with Gasteiger partial charge in [-0.25, -0.2) is 4.98 Å². The van der Waals surface area contributed by atoms with E-state index in [0.29, 0.717) is 17.4 Å². The van der Waals surface area contributed by atoms with Crippen molar-refractivity contribution in [3.05, 3.63) is 29.3 Å². The lowest BCUT2D eigenvalue weighted by Gasteiger charge is -2.08. The van der Waals surface area contributed by atoms with Crippen LogP contribution in [0.2, 0.25) is 0 Å². The molecule has 0 bridgehead atoms. The van der Waals surface area contributed by atoms with Crippen molar-refractivity contribution >= 4 is 39.6 Å². The fraction of sp³-hybridized carbons (Fsp3) is 0.389. The second-order valence-corrected chi connectivity index (χ2v) is 9.21. The first-order valence-corrected chi connectivity index (χ1v) is 11.1. The highest BCUT2D eigenvalue weighted by atomic mass is 32.2. The Bertz CT molecular complexity index is 879. The van der Waals surface area contributed by atoms with E-state index in [-0.39, 0.29) is 0 Å². The minimum absolute atomic E-state index is 0.579. The lowest BCUT2D eigenvalue weighted by Crippen LogP contribution is -2.07. The molecular weight excluding hydrogens is 400 g/mol. The van der Waals surface area contributed by atoms with E-state index in [1.54, 1.807) is 48.7 Å². The average molecular weight is 423 g/mol. The smallest absolute Gasteiger partial charge is 0.206 e. The third kappa shape index (κ3) is 5.33. The molecule has 0 amide bonds. The molecule has 6 nitrogen and oxygen atoms in total. The van der Waals surface area contributed by atoms with Gasteiger partial charge in [0.15, 0.2) is 15.8 Å². The third-order valence-electron chi connectivity index (χ3n) is 3.59. The van der Waals surface area contributed by atoms with Gasteiger partial charge in [-0.1, -0.05) is 36.9 Å². The summed E-state index contributed by atoms with van der Waals surface area (Å²) in [5, 5.41) is 15.6. The first kappa shape index (κ1) is 19.9. The van der Waals surface area contributed by atoms with E-state index < -0.39 is 0 Å². The van der Waals surface area contributed by atoms with Gasteiger partial charge < -0.3 is 14.8 Å². The number of nitrogens with one attached hydrogen (secondary N) is 1. The molecule has 0 saturated heterocycles. The molecule has 0 radical (unpaired) electrons. The van der Waals surface area contributed by atoms with E-state index in [1.807, 2.05) is 18.2 Å². The molecule has 27 heavy (non-hydrogen) atoms. The quantitative estimate of drug-likeness (QED) is 0.485. The van der Waals surface area contributed by atoms with Crippen molar-refractivity contribution in [1.29, 1.82) is 0 Å². The highest BCUT2D eigenvalue weighted by Crippen LogP contribution is 2.35. The third-order valence-corrected chi connectivity index (χ3v) is 6.58. The van der Waals surface area contributed by atoms with Gasteiger partial charge in [0.1, 0.15) is 5.01 Å². The molecule has 0 saturated carbocycles. The Balaban J connectivity index is 1.61. The van der Waals surface area contributed by atoms with Crippen molar-refractivity contribution in [2.24, 2.45) is 5.92 Å². The molecule has 0 spiro atoms. The Hall–Kier alpha value is -1.84. The van der Waals surface area contributed by atoms with E-state index in [9.17, 15) is 0 Å². The molecule has 3 aromatic rings. The monoisotopic (exact) mass is 422 g/mol. The molecule has 1 N–H and O–H groups in total. The summed E-state index contributed by atoms with van der Waals surface area (Å²) in [4.78, 5) is 4.73. The van der Waals surface area contributed by atoms with Crippen molar-refractivity contribution in [2.75, 3.05) is 26.1 Å². The Labute approximate surface area is 171 Å². The number of benzene rings is 1. The van der Waals surface area contributed by atoms with Gasteiger partial charge in [-0.3, -0.25) is 0 Å². The van der Waals surface area contributed by atoms with Crippen LogP contribution in [0.5, 0.6) is 11.5 Å². The maximum absolute atomic E-state index is 5.38. The van der Waals surface area contributed by atoms with Crippen LogP contribution >= 0.6 is 34.4 Å². The van der Waals surface area contributed by atoms with Crippen LogP contribution in [0.25, 0.3) is 10.6 Å². The summed E-state index contributed by atoms with van der Waals surface area (Å²) < 4.78 is 11.6. The van der Waals surface area contributed by atoms with Crippen LogP contribution in [0.1, 0.15) is 19.5 Å². The van der Waals surface area contributed by atoms with Gasteiger partial charge in [-0.2, -0.15) is 0 Å². The van der Waals surface area contributed by atoms with Crippen molar-refractivity contribution in [2.45, 2.75) is 23.9 Å². The summed E-state index contributed by atoms with van der Waals surface area (Å²) in [6.45, 7) is 5.24. The SMILES string of the molecule is COc1ccc(-c2nc(CSc3nnc(NCC(C)C)s3)cs2)cc1OC. The molecule has 1 aromatic carbocycles. The number of rotatable bonds is 9. The fourth-order valence-electron chi connectivity index (χ4n) is 2.24. The number of hydrogen-bond donors (Lipinski definition) is 1. The molecule has 0 unspecified atom stereocenters.